The molecule has 0 saturated heterocycles. The normalized spacial score (nSPS) is 16.9. The third kappa shape index (κ3) is 5.49. The largest absolute Gasteiger partial charge is 0.368 e. The monoisotopic (exact) mass is 585 g/mol. The minimum absolute atomic E-state index is 0.0459. The molecule has 0 fully saturated rings. The van der Waals surface area contributed by atoms with E-state index in [1.165, 1.54) is 0 Å². The highest BCUT2D eigenvalue weighted by atomic mass is 19.1. The third-order valence-electron chi connectivity index (χ3n) is 7.81. The number of fused-ring (bicyclic) bond motifs is 2. The van der Waals surface area contributed by atoms with Gasteiger partial charge < -0.3 is 20.4 Å². The molecule has 7 rings (SSSR count). The van der Waals surface area contributed by atoms with E-state index >= 15 is 4.39 Å². The van der Waals surface area contributed by atoms with Crippen LogP contribution < -0.4 is 10.6 Å². The van der Waals surface area contributed by atoms with E-state index < -0.39 is 6.10 Å². The Hall–Kier alpha value is -5.15. The Morgan fingerprint density at radius 3 is 2.45 bits per heavy atom. The van der Waals surface area contributed by atoms with Crippen molar-refractivity contribution in [2.24, 2.45) is 0 Å². The zero-order valence-electron chi connectivity index (χ0n) is 24.9. The summed E-state index contributed by atoms with van der Waals surface area (Å²) in [4.78, 5) is 21.8. The molecule has 1 aliphatic heterocycles. The van der Waals surface area contributed by atoms with Crippen molar-refractivity contribution in [2.45, 2.75) is 46.3 Å². The summed E-state index contributed by atoms with van der Waals surface area (Å²) in [5, 5.41) is 7.83. The van der Waals surface area contributed by atoms with Crippen LogP contribution in [-0.2, 0) is 4.74 Å². The second-order valence-electron chi connectivity index (χ2n) is 11.3. The molecule has 44 heavy (non-hydrogen) atoms. The molecule has 0 radical (unpaired) electrons. The number of anilines is 4. The van der Waals surface area contributed by atoms with E-state index in [0.29, 0.717) is 17.8 Å². The maximum atomic E-state index is 15.1. The van der Waals surface area contributed by atoms with Crippen LogP contribution in [0.3, 0.4) is 0 Å². The molecule has 2 atom stereocenters. The summed E-state index contributed by atoms with van der Waals surface area (Å²) in [6.07, 6.45) is 3.51. The van der Waals surface area contributed by atoms with Gasteiger partial charge in [-0.15, -0.1) is 0 Å². The molecule has 5 heterocycles. The molecule has 220 valence electrons. The number of aromatic amines is 1. The molecule has 0 saturated carbocycles. The van der Waals surface area contributed by atoms with Gasteiger partial charge in [0, 0.05) is 46.5 Å². The minimum Gasteiger partial charge on any atom is -0.368 e. The zero-order valence-corrected chi connectivity index (χ0v) is 24.9. The number of imidazole rings is 1. The summed E-state index contributed by atoms with van der Waals surface area (Å²) in [6, 6.07) is 21.8. The predicted octanol–water partition coefficient (Wildman–Crippen LogP) is 8.55. The number of halogens is 1. The van der Waals surface area contributed by atoms with Gasteiger partial charge in [-0.05, 0) is 99.5 Å². The zero-order chi connectivity index (χ0) is 30.4. The van der Waals surface area contributed by atoms with Crippen molar-refractivity contribution >= 4 is 50.3 Å². The standard InChI is InChI=1S/C35H32FN7O/c1-19-13-25(11-12-37-19)40-24-6-9-30-33(17-24)43-35(42-30)31-10-7-26(18-38-31)41-32-14-20(2)39-29-8-5-23(16-28(29)32)27-15-21(3)44-22(4)34(27)36/h5-14,16-18,21-22H,15H2,1-4H3,(H,37,40)(H,39,41)(H,42,43)/t21-,22+/m0/s1. The highest BCUT2D eigenvalue weighted by Gasteiger charge is 2.26. The van der Waals surface area contributed by atoms with Crippen molar-refractivity contribution in [3.05, 3.63) is 102 Å². The van der Waals surface area contributed by atoms with Gasteiger partial charge in [-0.3, -0.25) is 15.0 Å². The number of nitrogens with one attached hydrogen (secondary N) is 3. The number of aromatic nitrogens is 5. The van der Waals surface area contributed by atoms with Gasteiger partial charge in [0.05, 0.1) is 34.5 Å². The molecule has 9 heteroatoms. The summed E-state index contributed by atoms with van der Waals surface area (Å²) >= 11 is 0. The highest BCUT2D eigenvalue weighted by Crippen LogP contribution is 2.36. The van der Waals surface area contributed by atoms with E-state index in [0.717, 1.165) is 67.3 Å². The van der Waals surface area contributed by atoms with E-state index in [1.54, 1.807) is 19.3 Å². The first-order chi connectivity index (χ1) is 21.3. The van der Waals surface area contributed by atoms with Crippen molar-refractivity contribution in [2.75, 3.05) is 10.6 Å². The maximum Gasteiger partial charge on any atom is 0.157 e. The summed E-state index contributed by atoms with van der Waals surface area (Å²) in [5.41, 5.74) is 10.3. The van der Waals surface area contributed by atoms with Crippen molar-refractivity contribution in [3.8, 4) is 11.5 Å². The molecular formula is C35H32FN7O. The molecular weight excluding hydrogens is 553 g/mol. The first kappa shape index (κ1) is 27.7. The number of rotatable bonds is 6. The summed E-state index contributed by atoms with van der Waals surface area (Å²) in [5.74, 6) is 0.479. The van der Waals surface area contributed by atoms with Gasteiger partial charge in [-0.2, -0.15) is 0 Å². The minimum atomic E-state index is -0.551. The van der Waals surface area contributed by atoms with E-state index in [1.807, 2.05) is 87.5 Å². The fraction of sp³-hybridized carbons (Fsp3) is 0.200. The van der Waals surface area contributed by atoms with Crippen LogP contribution in [0, 0.1) is 13.8 Å². The number of hydrogen-bond donors (Lipinski definition) is 3. The highest BCUT2D eigenvalue weighted by molar-refractivity contribution is 5.95. The van der Waals surface area contributed by atoms with Crippen molar-refractivity contribution in [1.82, 2.24) is 24.9 Å². The van der Waals surface area contributed by atoms with Crippen molar-refractivity contribution in [1.29, 1.82) is 0 Å². The number of benzene rings is 2. The van der Waals surface area contributed by atoms with Crippen LogP contribution in [-0.4, -0.2) is 37.1 Å². The number of hydrogen-bond acceptors (Lipinski definition) is 7. The fourth-order valence-corrected chi connectivity index (χ4v) is 5.75. The molecule has 0 aliphatic carbocycles. The van der Waals surface area contributed by atoms with Crippen LogP contribution in [0.5, 0.6) is 0 Å². The van der Waals surface area contributed by atoms with Crippen LogP contribution in [0.4, 0.5) is 27.1 Å². The first-order valence-corrected chi connectivity index (χ1v) is 14.7. The Bertz CT molecular complexity index is 2050. The Morgan fingerprint density at radius 1 is 0.818 bits per heavy atom. The summed E-state index contributed by atoms with van der Waals surface area (Å²) < 4.78 is 20.8. The second-order valence-corrected chi connectivity index (χ2v) is 11.3. The fourth-order valence-electron chi connectivity index (χ4n) is 5.75. The van der Waals surface area contributed by atoms with Gasteiger partial charge in [-0.25, -0.2) is 9.37 Å². The topological polar surface area (TPSA) is 101 Å². The Labute approximate surface area is 254 Å². The lowest BCUT2D eigenvalue weighted by molar-refractivity contribution is 0.0105. The van der Waals surface area contributed by atoms with Crippen LogP contribution >= 0.6 is 0 Å². The SMILES string of the molecule is Cc1cc(Nc2ccc3nc(-c4ccc(Nc5cc(C)nc6ccc(C7=C(F)[C@@H](C)O[C@@H](C)C7)cc56)cn4)[nH]c3c2)ccn1. The Balaban J connectivity index is 1.15. The lowest BCUT2D eigenvalue weighted by atomic mass is 9.94. The number of ether oxygens (including phenoxy) is 1. The molecule has 0 amide bonds. The Morgan fingerprint density at radius 2 is 1.64 bits per heavy atom. The average Bonchev–Trinajstić information content (AvgIpc) is 3.43. The molecule has 0 spiro atoms. The van der Waals surface area contributed by atoms with E-state index in [2.05, 4.69) is 20.6 Å². The van der Waals surface area contributed by atoms with Crippen LogP contribution in [0.25, 0.3) is 39.0 Å². The van der Waals surface area contributed by atoms with Crippen molar-refractivity contribution < 1.29 is 9.13 Å². The Kier molecular flexibility index (Phi) is 7.02. The molecule has 3 N–H and O–H groups in total. The van der Waals surface area contributed by atoms with Crippen LogP contribution in [0.15, 0.2) is 85.0 Å². The smallest absolute Gasteiger partial charge is 0.157 e. The van der Waals surface area contributed by atoms with Gasteiger partial charge in [0.15, 0.2) is 5.82 Å². The molecule has 1 aliphatic rings. The molecule has 2 aromatic carbocycles. The van der Waals surface area contributed by atoms with Gasteiger partial charge in [0.2, 0.25) is 0 Å². The van der Waals surface area contributed by atoms with Gasteiger partial charge >= 0.3 is 0 Å². The number of aryl methyl sites for hydroxylation is 2. The van der Waals surface area contributed by atoms with E-state index in [9.17, 15) is 0 Å². The number of pyridine rings is 3. The van der Waals surface area contributed by atoms with Crippen LogP contribution in [0.2, 0.25) is 0 Å². The van der Waals surface area contributed by atoms with Gasteiger partial charge in [0.25, 0.3) is 0 Å². The maximum absolute atomic E-state index is 15.1. The number of H-pyrrole nitrogens is 1. The molecule has 8 nitrogen and oxygen atoms in total. The first-order valence-electron chi connectivity index (χ1n) is 14.7. The lowest BCUT2D eigenvalue weighted by Crippen LogP contribution is -2.24. The molecule has 6 aromatic rings. The van der Waals surface area contributed by atoms with Crippen LogP contribution in [0.1, 0.15) is 37.2 Å². The quantitative estimate of drug-likeness (QED) is 0.180. The van der Waals surface area contributed by atoms with Crippen molar-refractivity contribution in [3.63, 3.8) is 0 Å². The molecule has 0 unspecified atom stereocenters. The van der Waals surface area contributed by atoms with Gasteiger partial charge in [0.1, 0.15) is 17.6 Å². The third-order valence-corrected chi connectivity index (χ3v) is 7.81. The van der Waals surface area contributed by atoms with E-state index in [-0.39, 0.29) is 11.9 Å². The predicted molar refractivity (Wildman–Crippen MR) is 174 cm³/mol. The summed E-state index contributed by atoms with van der Waals surface area (Å²) in [7, 11) is 0. The summed E-state index contributed by atoms with van der Waals surface area (Å²) in [6.45, 7) is 7.66. The van der Waals surface area contributed by atoms with E-state index in [4.69, 9.17) is 19.7 Å². The molecule has 4 aromatic heterocycles. The second kappa shape index (κ2) is 11.2. The lowest BCUT2D eigenvalue weighted by Gasteiger charge is -2.27. The van der Waals surface area contributed by atoms with Gasteiger partial charge in [-0.1, -0.05) is 6.07 Å². The molecule has 0 bridgehead atoms. The average molecular weight is 586 g/mol. The number of nitrogens with zero attached hydrogens (tertiary/aromatic N) is 4.